The van der Waals surface area contributed by atoms with Gasteiger partial charge in [-0.25, -0.2) is 4.39 Å². The molecule has 1 fully saturated rings. The van der Waals surface area contributed by atoms with Crippen molar-refractivity contribution < 1.29 is 14.0 Å². The maximum Gasteiger partial charge on any atom is 0.253 e. The van der Waals surface area contributed by atoms with Crippen molar-refractivity contribution in [2.45, 2.75) is 24.7 Å². The Labute approximate surface area is 146 Å². The molecule has 0 aromatic heterocycles. The fourth-order valence-corrected chi connectivity index (χ4v) is 3.20. The van der Waals surface area contributed by atoms with Crippen molar-refractivity contribution in [2.24, 2.45) is 0 Å². The van der Waals surface area contributed by atoms with Gasteiger partial charge >= 0.3 is 0 Å². The number of amides is 2. The van der Waals surface area contributed by atoms with Crippen LogP contribution in [-0.4, -0.2) is 30.8 Å². The fraction of sp³-hybridized carbons (Fsp3) is 0.300. The molecular formula is C20H21FN2O2. The van der Waals surface area contributed by atoms with E-state index in [9.17, 15) is 14.0 Å². The van der Waals surface area contributed by atoms with Gasteiger partial charge in [0.05, 0.1) is 5.41 Å². The molecule has 1 aliphatic carbocycles. The third-order valence-electron chi connectivity index (χ3n) is 4.79. The van der Waals surface area contributed by atoms with E-state index in [2.05, 4.69) is 5.32 Å². The van der Waals surface area contributed by atoms with Crippen LogP contribution in [-0.2, 0) is 10.2 Å². The lowest BCUT2D eigenvalue weighted by molar-refractivity contribution is -0.124. The highest BCUT2D eigenvalue weighted by molar-refractivity contribution is 6.01. The van der Waals surface area contributed by atoms with Crippen molar-refractivity contribution in [1.29, 1.82) is 0 Å². The van der Waals surface area contributed by atoms with Crippen LogP contribution in [0.2, 0.25) is 0 Å². The Balaban J connectivity index is 1.84. The predicted molar refractivity (Wildman–Crippen MR) is 95.0 cm³/mol. The standard InChI is InChI=1S/C20H21FN2O2/c1-23(2)18(24)14-6-3-9-17(12-14)22-19(25)20(10-5-11-20)15-7-4-8-16(21)13-15/h3-4,6-9,12-13H,5,10-11H2,1-2H3,(H,22,25). The molecular weight excluding hydrogens is 319 g/mol. The lowest BCUT2D eigenvalue weighted by atomic mass is 9.63. The molecule has 5 heteroatoms. The Morgan fingerprint density at radius 1 is 1.08 bits per heavy atom. The Kier molecular flexibility index (Phi) is 4.57. The van der Waals surface area contributed by atoms with Crippen LogP contribution < -0.4 is 5.32 Å². The highest BCUT2D eigenvalue weighted by atomic mass is 19.1. The van der Waals surface area contributed by atoms with Gasteiger partial charge in [-0.15, -0.1) is 0 Å². The van der Waals surface area contributed by atoms with Crippen molar-refractivity contribution in [2.75, 3.05) is 19.4 Å². The molecule has 0 radical (unpaired) electrons. The molecule has 0 aliphatic heterocycles. The minimum atomic E-state index is -0.691. The largest absolute Gasteiger partial charge is 0.345 e. The zero-order chi connectivity index (χ0) is 18.0. The minimum Gasteiger partial charge on any atom is -0.345 e. The molecule has 3 rings (SSSR count). The highest BCUT2D eigenvalue weighted by Crippen LogP contribution is 2.44. The van der Waals surface area contributed by atoms with Crippen molar-refractivity contribution in [3.63, 3.8) is 0 Å². The predicted octanol–water partition coefficient (Wildman–Crippen LogP) is 3.59. The molecule has 130 valence electrons. The van der Waals surface area contributed by atoms with Gasteiger partial charge in [0, 0.05) is 25.3 Å². The summed E-state index contributed by atoms with van der Waals surface area (Å²) in [5.41, 5.74) is 1.09. The Morgan fingerprint density at radius 2 is 1.80 bits per heavy atom. The molecule has 0 bridgehead atoms. The topological polar surface area (TPSA) is 49.4 Å². The molecule has 1 aliphatic rings. The maximum atomic E-state index is 13.6. The number of halogens is 1. The SMILES string of the molecule is CN(C)C(=O)c1cccc(NC(=O)C2(c3cccc(F)c3)CCC2)c1. The lowest BCUT2D eigenvalue weighted by Gasteiger charge is -2.40. The lowest BCUT2D eigenvalue weighted by Crippen LogP contribution is -2.46. The first-order chi connectivity index (χ1) is 11.9. The first-order valence-corrected chi connectivity index (χ1v) is 8.32. The summed E-state index contributed by atoms with van der Waals surface area (Å²) in [4.78, 5) is 26.5. The van der Waals surface area contributed by atoms with Crippen LogP contribution in [0.25, 0.3) is 0 Å². The van der Waals surface area contributed by atoms with Gasteiger partial charge in [0.25, 0.3) is 5.91 Å². The zero-order valence-corrected chi connectivity index (χ0v) is 14.4. The van der Waals surface area contributed by atoms with Crippen molar-refractivity contribution in [3.8, 4) is 0 Å². The van der Waals surface area contributed by atoms with Crippen molar-refractivity contribution >= 4 is 17.5 Å². The summed E-state index contributed by atoms with van der Waals surface area (Å²) in [6, 6.07) is 13.1. The molecule has 25 heavy (non-hydrogen) atoms. The number of nitrogens with one attached hydrogen (secondary N) is 1. The van der Waals surface area contributed by atoms with E-state index in [-0.39, 0.29) is 17.6 Å². The van der Waals surface area contributed by atoms with E-state index >= 15 is 0 Å². The first-order valence-electron chi connectivity index (χ1n) is 8.32. The number of rotatable bonds is 4. The zero-order valence-electron chi connectivity index (χ0n) is 14.4. The second kappa shape index (κ2) is 6.67. The monoisotopic (exact) mass is 340 g/mol. The van der Waals surface area contributed by atoms with E-state index in [0.717, 1.165) is 6.42 Å². The summed E-state index contributed by atoms with van der Waals surface area (Å²) in [5.74, 6) is -0.617. The molecule has 2 aromatic carbocycles. The summed E-state index contributed by atoms with van der Waals surface area (Å²) >= 11 is 0. The average molecular weight is 340 g/mol. The van der Waals surface area contributed by atoms with E-state index in [4.69, 9.17) is 0 Å². The van der Waals surface area contributed by atoms with Crippen LogP contribution in [0.4, 0.5) is 10.1 Å². The third-order valence-corrected chi connectivity index (χ3v) is 4.79. The van der Waals surface area contributed by atoms with Crippen LogP contribution in [0, 0.1) is 5.82 Å². The number of hydrogen-bond acceptors (Lipinski definition) is 2. The molecule has 0 heterocycles. The minimum absolute atomic E-state index is 0.125. The third kappa shape index (κ3) is 3.27. The van der Waals surface area contributed by atoms with Crippen molar-refractivity contribution in [3.05, 3.63) is 65.5 Å². The molecule has 0 saturated heterocycles. The summed E-state index contributed by atoms with van der Waals surface area (Å²) in [5, 5.41) is 2.90. The maximum absolute atomic E-state index is 13.6. The molecule has 1 N–H and O–H groups in total. The number of carbonyl (C=O) groups excluding carboxylic acids is 2. The van der Waals surface area contributed by atoms with Gasteiger partial charge in [0.2, 0.25) is 5.91 Å². The summed E-state index contributed by atoms with van der Waals surface area (Å²) in [7, 11) is 3.36. The molecule has 0 unspecified atom stereocenters. The smallest absolute Gasteiger partial charge is 0.253 e. The fourth-order valence-electron chi connectivity index (χ4n) is 3.20. The second-order valence-electron chi connectivity index (χ2n) is 6.68. The number of anilines is 1. The van der Waals surface area contributed by atoms with Crippen LogP contribution >= 0.6 is 0 Å². The summed E-state index contributed by atoms with van der Waals surface area (Å²) in [6.07, 6.45) is 2.32. The highest BCUT2D eigenvalue weighted by Gasteiger charge is 2.45. The average Bonchev–Trinajstić information content (AvgIpc) is 2.53. The van der Waals surface area contributed by atoms with Gasteiger partial charge in [-0.3, -0.25) is 9.59 Å². The van der Waals surface area contributed by atoms with Gasteiger partial charge in [-0.05, 0) is 48.7 Å². The second-order valence-corrected chi connectivity index (χ2v) is 6.68. The van der Waals surface area contributed by atoms with Crippen LogP contribution in [0.5, 0.6) is 0 Å². The van der Waals surface area contributed by atoms with Crippen LogP contribution in [0.1, 0.15) is 35.2 Å². The van der Waals surface area contributed by atoms with Crippen LogP contribution in [0.15, 0.2) is 48.5 Å². The van der Waals surface area contributed by atoms with E-state index in [1.165, 1.54) is 17.0 Å². The van der Waals surface area contributed by atoms with Gasteiger partial charge in [0.15, 0.2) is 0 Å². The van der Waals surface area contributed by atoms with Gasteiger partial charge < -0.3 is 10.2 Å². The van der Waals surface area contributed by atoms with E-state index in [1.807, 2.05) is 0 Å². The molecule has 4 nitrogen and oxygen atoms in total. The van der Waals surface area contributed by atoms with E-state index in [0.29, 0.717) is 29.7 Å². The number of hydrogen-bond donors (Lipinski definition) is 1. The Morgan fingerprint density at radius 3 is 2.40 bits per heavy atom. The summed E-state index contributed by atoms with van der Waals surface area (Å²) < 4.78 is 13.6. The van der Waals surface area contributed by atoms with Crippen molar-refractivity contribution in [1.82, 2.24) is 4.90 Å². The Hall–Kier alpha value is -2.69. The normalized spacial score (nSPS) is 15.2. The quantitative estimate of drug-likeness (QED) is 0.925. The summed E-state index contributed by atoms with van der Waals surface area (Å²) in [6.45, 7) is 0. The first kappa shape index (κ1) is 17.1. The number of benzene rings is 2. The van der Waals surface area contributed by atoms with Gasteiger partial charge in [-0.2, -0.15) is 0 Å². The molecule has 0 atom stereocenters. The molecule has 2 aromatic rings. The Bertz CT molecular complexity index is 813. The van der Waals surface area contributed by atoms with Gasteiger partial charge in [0.1, 0.15) is 5.82 Å². The molecule has 2 amide bonds. The number of carbonyl (C=O) groups is 2. The van der Waals surface area contributed by atoms with E-state index < -0.39 is 5.41 Å². The molecule has 1 saturated carbocycles. The number of nitrogens with zero attached hydrogens (tertiary/aromatic N) is 1. The van der Waals surface area contributed by atoms with Gasteiger partial charge in [-0.1, -0.05) is 24.6 Å². The van der Waals surface area contributed by atoms with E-state index in [1.54, 1.807) is 50.5 Å². The van der Waals surface area contributed by atoms with Crippen LogP contribution in [0.3, 0.4) is 0 Å². The molecule has 0 spiro atoms.